The van der Waals surface area contributed by atoms with Gasteiger partial charge in [-0.1, -0.05) is 11.6 Å². The number of benzene rings is 1. The molecule has 1 aromatic heterocycles. The molecule has 3 rings (SSSR count). The smallest absolute Gasteiger partial charge is 0.167 e. The van der Waals surface area contributed by atoms with Gasteiger partial charge in [0.15, 0.2) is 11.6 Å². The van der Waals surface area contributed by atoms with E-state index < -0.39 is 0 Å². The SMILES string of the molecule is COc1ccc(N2CCN(c3cc(Cl)nc(C)n3)CC2)cc1F. The molecular formula is C16H18ClFN4O. The molecule has 0 atom stereocenters. The zero-order chi connectivity index (χ0) is 16.4. The molecule has 2 aromatic rings. The zero-order valence-corrected chi connectivity index (χ0v) is 13.8. The predicted octanol–water partition coefficient (Wildman–Crippen LogP) is 2.91. The fourth-order valence-corrected chi connectivity index (χ4v) is 2.94. The predicted molar refractivity (Wildman–Crippen MR) is 89.2 cm³/mol. The number of hydrogen-bond donors (Lipinski definition) is 0. The van der Waals surface area contributed by atoms with Crippen LogP contribution in [-0.4, -0.2) is 43.3 Å². The summed E-state index contributed by atoms with van der Waals surface area (Å²) in [5, 5.41) is 0.451. The molecule has 0 radical (unpaired) electrons. The molecule has 0 unspecified atom stereocenters. The maximum absolute atomic E-state index is 13.8. The van der Waals surface area contributed by atoms with E-state index in [4.69, 9.17) is 16.3 Å². The summed E-state index contributed by atoms with van der Waals surface area (Å²) in [5.74, 6) is 1.42. The quantitative estimate of drug-likeness (QED) is 0.806. The number of aryl methyl sites for hydroxylation is 1. The molecular weight excluding hydrogens is 319 g/mol. The minimum Gasteiger partial charge on any atom is -0.494 e. The van der Waals surface area contributed by atoms with Gasteiger partial charge in [-0.3, -0.25) is 0 Å². The minimum atomic E-state index is -0.342. The van der Waals surface area contributed by atoms with Crippen LogP contribution in [0.1, 0.15) is 5.82 Å². The van der Waals surface area contributed by atoms with Crippen LogP contribution < -0.4 is 14.5 Å². The van der Waals surface area contributed by atoms with Crippen LogP contribution in [-0.2, 0) is 0 Å². The minimum absolute atomic E-state index is 0.262. The molecule has 0 saturated carbocycles. The number of halogens is 2. The molecule has 1 aliphatic heterocycles. The molecule has 1 saturated heterocycles. The number of methoxy groups -OCH3 is 1. The Bertz CT molecular complexity index is 684. The van der Waals surface area contributed by atoms with Crippen molar-refractivity contribution in [1.29, 1.82) is 0 Å². The van der Waals surface area contributed by atoms with Gasteiger partial charge in [-0.15, -0.1) is 0 Å². The van der Waals surface area contributed by atoms with Gasteiger partial charge in [0.1, 0.15) is 16.8 Å². The van der Waals surface area contributed by atoms with Crippen molar-refractivity contribution in [3.63, 3.8) is 0 Å². The van der Waals surface area contributed by atoms with Crippen molar-refractivity contribution in [2.24, 2.45) is 0 Å². The van der Waals surface area contributed by atoms with Gasteiger partial charge in [0.25, 0.3) is 0 Å². The summed E-state index contributed by atoms with van der Waals surface area (Å²) in [4.78, 5) is 12.8. The van der Waals surface area contributed by atoms with Crippen molar-refractivity contribution in [2.75, 3.05) is 43.1 Å². The molecule has 0 N–H and O–H groups in total. The molecule has 23 heavy (non-hydrogen) atoms. The Morgan fingerprint density at radius 3 is 2.39 bits per heavy atom. The number of aromatic nitrogens is 2. The topological polar surface area (TPSA) is 41.5 Å². The molecule has 0 aliphatic carbocycles. The van der Waals surface area contributed by atoms with Gasteiger partial charge in [0.05, 0.1) is 7.11 Å². The number of nitrogens with zero attached hydrogens (tertiary/aromatic N) is 4. The van der Waals surface area contributed by atoms with Crippen molar-refractivity contribution < 1.29 is 9.13 Å². The molecule has 2 heterocycles. The van der Waals surface area contributed by atoms with Crippen LogP contribution in [0.25, 0.3) is 0 Å². The van der Waals surface area contributed by atoms with E-state index in [0.717, 1.165) is 37.7 Å². The highest BCUT2D eigenvalue weighted by atomic mass is 35.5. The first-order valence-corrected chi connectivity index (χ1v) is 7.79. The summed E-state index contributed by atoms with van der Waals surface area (Å²) in [7, 11) is 1.46. The summed E-state index contributed by atoms with van der Waals surface area (Å²) in [6.07, 6.45) is 0. The van der Waals surface area contributed by atoms with Crippen molar-refractivity contribution >= 4 is 23.1 Å². The Labute approximate surface area is 139 Å². The number of ether oxygens (including phenoxy) is 1. The van der Waals surface area contributed by atoms with E-state index in [0.29, 0.717) is 11.0 Å². The van der Waals surface area contributed by atoms with Gasteiger partial charge in [-0.05, 0) is 19.1 Å². The first kappa shape index (κ1) is 15.8. The lowest BCUT2D eigenvalue weighted by molar-refractivity contribution is 0.386. The first-order chi connectivity index (χ1) is 11.1. The summed E-state index contributed by atoms with van der Waals surface area (Å²) in [6, 6.07) is 6.82. The van der Waals surface area contributed by atoms with Crippen LogP contribution in [0.4, 0.5) is 15.9 Å². The van der Waals surface area contributed by atoms with Crippen molar-refractivity contribution in [1.82, 2.24) is 9.97 Å². The zero-order valence-electron chi connectivity index (χ0n) is 13.1. The molecule has 0 spiro atoms. The van der Waals surface area contributed by atoms with Crippen LogP contribution in [0, 0.1) is 12.7 Å². The van der Waals surface area contributed by atoms with Crippen LogP contribution >= 0.6 is 11.6 Å². The summed E-state index contributed by atoms with van der Waals surface area (Å²) < 4.78 is 18.8. The molecule has 5 nitrogen and oxygen atoms in total. The highest BCUT2D eigenvalue weighted by Gasteiger charge is 2.20. The van der Waals surface area contributed by atoms with E-state index in [1.165, 1.54) is 13.2 Å². The Balaban J connectivity index is 1.69. The van der Waals surface area contributed by atoms with E-state index in [9.17, 15) is 4.39 Å². The monoisotopic (exact) mass is 336 g/mol. The first-order valence-electron chi connectivity index (χ1n) is 7.41. The Kier molecular flexibility index (Phi) is 4.52. The number of hydrogen-bond acceptors (Lipinski definition) is 5. The Hall–Kier alpha value is -2.08. The summed E-state index contributed by atoms with van der Waals surface area (Å²) in [5.41, 5.74) is 0.861. The normalized spacial score (nSPS) is 15.0. The van der Waals surface area contributed by atoms with Gasteiger partial charge in [0.2, 0.25) is 0 Å². The maximum atomic E-state index is 13.8. The molecule has 7 heteroatoms. The van der Waals surface area contributed by atoms with E-state index >= 15 is 0 Å². The van der Waals surface area contributed by atoms with Gasteiger partial charge >= 0.3 is 0 Å². The van der Waals surface area contributed by atoms with Crippen molar-refractivity contribution in [3.8, 4) is 5.75 Å². The average molecular weight is 337 g/mol. The second-order valence-corrected chi connectivity index (χ2v) is 5.78. The fourth-order valence-electron chi connectivity index (χ4n) is 2.72. The number of rotatable bonds is 3. The maximum Gasteiger partial charge on any atom is 0.167 e. The highest BCUT2D eigenvalue weighted by Crippen LogP contribution is 2.25. The average Bonchev–Trinajstić information content (AvgIpc) is 2.54. The lowest BCUT2D eigenvalue weighted by Gasteiger charge is -2.36. The van der Waals surface area contributed by atoms with E-state index in [1.54, 1.807) is 12.1 Å². The van der Waals surface area contributed by atoms with Crippen molar-refractivity contribution in [2.45, 2.75) is 6.92 Å². The lowest BCUT2D eigenvalue weighted by Crippen LogP contribution is -2.47. The third kappa shape index (κ3) is 3.47. The molecule has 1 fully saturated rings. The number of anilines is 2. The third-order valence-electron chi connectivity index (χ3n) is 3.90. The third-order valence-corrected chi connectivity index (χ3v) is 4.09. The lowest BCUT2D eigenvalue weighted by atomic mass is 10.2. The van der Waals surface area contributed by atoms with Gasteiger partial charge in [0, 0.05) is 44.0 Å². The molecule has 0 bridgehead atoms. The van der Waals surface area contributed by atoms with Crippen molar-refractivity contribution in [3.05, 3.63) is 41.1 Å². The molecule has 1 aliphatic rings. The fraction of sp³-hybridized carbons (Fsp3) is 0.375. The second-order valence-electron chi connectivity index (χ2n) is 5.39. The Morgan fingerprint density at radius 2 is 1.78 bits per heavy atom. The van der Waals surface area contributed by atoms with E-state index in [2.05, 4.69) is 19.8 Å². The van der Waals surface area contributed by atoms with E-state index in [-0.39, 0.29) is 11.6 Å². The van der Waals surface area contributed by atoms with Gasteiger partial charge in [-0.2, -0.15) is 0 Å². The largest absolute Gasteiger partial charge is 0.494 e. The standard InChI is InChI=1S/C16H18ClFN4O/c1-11-19-15(17)10-16(20-11)22-7-5-21(6-8-22)12-3-4-14(23-2)13(18)9-12/h3-4,9-10H,5-8H2,1-2H3. The summed E-state index contributed by atoms with van der Waals surface area (Å²) >= 11 is 6.00. The van der Waals surface area contributed by atoms with Crippen LogP contribution in [0.15, 0.2) is 24.3 Å². The van der Waals surface area contributed by atoms with Gasteiger partial charge < -0.3 is 14.5 Å². The van der Waals surface area contributed by atoms with Gasteiger partial charge in [-0.25, -0.2) is 14.4 Å². The molecule has 0 amide bonds. The van der Waals surface area contributed by atoms with Crippen LogP contribution in [0.5, 0.6) is 5.75 Å². The second kappa shape index (κ2) is 6.58. The molecule has 122 valence electrons. The Morgan fingerprint density at radius 1 is 1.09 bits per heavy atom. The molecule has 1 aromatic carbocycles. The van der Waals surface area contributed by atoms with Crippen LogP contribution in [0.3, 0.4) is 0 Å². The highest BCUT2D eigenvalue weighted by molar-refractivity contribution is 6.29. The van der Waals surface area contributed by atoms with E-state index in [1.807, 2.05) is 13.0 Å². The van der Waals surface area contributed by atoms with Crippen LogP contribution in [0.2, 0.25) is 5.15 Å². The number of piperazine rings is 1. The summed E-state index contributed by atoms with van der Waals surface area (Å²) in [6.45, 7) is 4.98.